The normalized spacial score (nSPS) is 10.3. The summed E-state index contributed by atoms with van der Waals surface area (Å²) in [5.41, 5.74) is 0. The van der Waals surface area contributed by atoms with Crippen LogP contribution in [0.25, 0.3) is 0 Å². The SMILES string of the molecule is CCOC(=O)CCCCOc1cc(F)c(Br)cc1F. The number of hydrogen-bond donors (Lipinski definition) is 0. The highest BCUT2D eigenvalue weighted by atomic mass is 79.9. The van der Waals surface area contributed by atoms with E-state index in [4.69, 9.17) is 9.47 Å². The summed E-state index contributed by atoms with van der Waals surface area (Å²) < 4.78 is 36.5. The molecule has 0 saturated carbocycles. The number of unbranched alkanes of at least 4 members (excludes halogenated alkanes) is 1. The lowest BCUT2D eigenvalue weighted by atomic mass is 10.2. The van der Waals surface area contributed by atoms with Crippen molar-refractivity contribution in [2.24, 2.45) is 0 Å². The van der Waals surface area contributed by atoms with Crippen molar-refractivity contribution in [3.05, 3.63) is 28.2 Å². The summed E-state index contributed by atoms with van der Waals surface area (Å²) in [7, 11) is 0. The Labute approximate surface area is 119 Å². The van der Waals surface area contributed by atoms with Gasteiger partial charge < -0.3 is 9.47 Å². The maximum Gasteiger partial charge on any atom is 0.305 e. The van der Waals surface area contributed by atoms with Crippen LogP contribution in [0.5, 0.6) is 5.75 Å². The quantitative estimate of drug-likeness (QED) is 0.431. The Hall–Kier alpha value is -1.17. The van der Waals surface area contributed by atoms with Gasteiger partial charge in [0.05, 0.1) is 17.7 Å². The van der Waals surface area contributed by atoms with Crippen LogP contribution in [-0.4, -0.2) is 19.2 Å². The van der Waals surface area contributed by atoms with Crippen molar-refractivity contribution in [3.63, 3.8) is 0 Å². The van der Waals surface area contributed by atoms with Gasteiger partial charge in [-0.3, -0.25) is 4.79 Å². The molecule has 0 unspecified atom stereocenters. The molecule has 0 aromatic heterocycles. The van der Waals surface area contributed by atoms with Gasteiger partial charge >= 0.3 is 5.97 Å². The molecule has 0 atom stereocenters. The van der Waals surface area contributed by atoms with Crippen LogP contribution in [0.4, 0.5) is 8.78 Å². The molecule has 1 aromatic carbocycles. The summed E-state index contributed by atoms with van der Waals surface area (Å²) >= 11 is 2.88. The second kappa shape index (κ2) is 8.09. The first-order chi connectivity index (χ1) is 9.04. The van der Waals surface area contributed by atoms with Crippen molar-refractivity contribution < 1.29 is 23.0 Å². The number of carbonyl (C=O) groups is 1. The molecule has 0 aliphatic carbocycles. The molecule has 1 rings (SSSR count). The fourth-order valence-electron chi connectivity index (χ4n) is 1.40. The minimum absolute atomic E-state index is 0.0552. The lowest BCUT2D eigenvalue weighted by Gasteiger charge is -2.08. The molecule has 0 bridgehead atoms. The van der Waals surface area contributed by atoms with Crippen LogP contribution in [0.3, 0.4) is 0 Å². The molecule has 106 valence electrons. The van der Waals surface area contributed by atoms with Crippen LogP contribution in [0.15, 0.2) is 16.6 Å². The van der Waals surface area contributed by atoms with Gasteiger partial charge in [-0.1, -0.05) is 0 Å². The first-order valence-electron chi connectivity index (χ1n) is 5.97. The number of esters is 1. The molecule has 0 amide bonds. The third kappa shape index (κ3) is 5.55. The second-order valence-corrected chi connectivity index (χ2v) is 4.66. The predicted octanol–water partition coefficient (Wildman–Crippen LogP) is 3.84. The summed E-state index contributed by atoms with van der Waals surface area (Å²) in [5, 5.41) is 0. The van der Waals surface area contributed by atoms with Gasteiger partial charge in [-0.2, -0.15) is 0 Å². The lowest BCUT2D eigenvalue weighted by Crippen LogP contribution is -2.05. The van der Waals surface area contributed by atoms with Gasteiger partial charge in [0, 0.05) is 12.5 Å². The average molecular weight is 337 g/mol. The van der Waals surface area contributed by atoms with Crippen LogP contribution in [0.1, 0.15) is 26.2 Å². The Balaban J connectivity index is 2.30. The summed E-state index contributed by atoms with van der Waals surface area (Å²) in [4.78, 5) is 11.0. The largest absolute Gasteiger partial charge is 0.490 e. The summed E-state index contributed by atoms with van der Waals surface area (Å²) in [6.07, 6.45) is 1.45. The Morgan fingerprint density at radius 2 is 2.00 bits per heavy atom. The Morgan fingerprint density at radius 3 is 2.68 bits per heavy atom. The van der Waals surface area contributed by atoms with Crippen LogP contribution in [0.2, 0.25) is 0 Å². The maximum absolute atomic E-state index is 13.4. The number of carbonyl (C=O) groups excluding carboxylic acids is 1. The zero-order valence-corrected chi connectivity index (χ0v) is 12.1. The molecule has 0 spiro atoms. The van der Waals surface area contributed by atoms with Gasteiger partial charge in [0.2, 0.25) is 0 Å². The molecule has 0 N–H and O–H groups in total. The number of benzene rings is 1. The van der Waals surface area contributed by atoms with E-state index in [1.54, 1.807) is 6.92 Å². The van der Waals surface area contributed by atoms with E-state index in [2.05, 4.69) is 15.9 Å². The van der Waals surface area contributed by atoms with Gasteiger partial charge in [-0.15, -0.1) is 0 Å². The highest BCUT2D eigenvalue weighted by Crippen LogP contribution is 2.25. The number of ether oxygens (including phenoxy) is 2. The predicted molar refractivity (Wildman–Crippen MR) is 70.0 cm³/mol. The van der Waals surface area contributed by atoms with E-state index in [0.29, 0.717) is 25.9 Å². The Bertz CT molecular complexity index is 438. The molecule has 0 fully saturated rings. The zero-order valence-electron chi connectivity index (χ0n) is 10.5. The molecule has 19 heavy (non-hydrogen) atoms. The molecule has 1 aromatic rings. The van der Waals surface area contributed by atoms with E-state index in [-0.39, 0.29) is 22.8 Å². The second-order valence-electron chi connectivity index (χ2n) is 3.81. The van der Waals surface area contributed by atoms with Crippen molar-refractivity contribution in [1.29, 1.82) is 0 Å². The molecule has 0 aliphatic heterocycles. The van der Waals surface area contributed by atoms with Crippen molar-refractivity contribution in [2.75, 3.05) is 13.2 Å². The average Bonchev–Trinajstić information content (AvgIpc) is 2.35. The maximum atomic E-state index is 13.4. The molecule has 0 aliphatic rings. The van der Waals surface area contributed by atoms with E-state index >= 15 is 0 Å². The van der Waals surface area contributed by atoms with E-state index < -0.39 is 11.6 Å². The highest BCUT2D eigenvalue weighted by Gasteiger charge is 2.09. The molecule has 0 saturated heterocycles. The van der Waals surface area contributed by atoms with E-state index in [1.165, 1.54) is 0 Å². The van der Waals surface area contributed by atoms with E-state index in [1.807, 2.05) is 0 Å². The van der Waals surface area contributed by atoms with Crippen LogP contribution >= 0.6 is 15.9 Å². The van der Waals surface area contributed by atoms with E-state index in [0.717, 1.165) is 12.1 Å². The van der Waals surface area contributed by atoms with Gasteiger partial charge in [0.15, 0.2) is 11.6 Å². The first kappa shape index (κ1) is 15.9. The van der Waals surface area contributed by atoms with Gasteiger partial charge in [0.25, 0.3) is 0 Å². The first-order valence-corrected chi connectivity index (χ1v) is 6.77. The third-order valence-electron chi connectivity index (χ3n) is 2.31. The van der Waals surface area contributed by atoms with Gasteiger partial charge in [-0.05, 0) is 41.8 Å². The Kier molecular flexibility index (Phi) is 6.77. The summed E-state index contributed by atoms with van der Waals surface area (Å²) in [6, 6.07) is 2.01. The standard InChI is InChI=1S/C13H15BrF2O3/c1-2-18-13(17)5-3-4-6-19-12-8-10(15)9(14)7-11(12)16/h7-8H,2-6H2,1H3. The minimum atomic E-state index is -0.626. The topological polar surface area (TPSA) is 35.5 Å². The molecular formula is C13H15BrF2O3. The molecule has 0 heterocycles. The van der Waals surface area contributed by atoms with Crippen LogP contribution in [0, 0.1) is 11.6 Å². The highest BCUT2D eigenvalue weighted by molar-refractivity contribution is 9.10. The molecular weight excluding hydrogens is 322 g/mol. The van der Waals surface area contributed by atoms with Gasteiger partial charge in [-0.25, -0.2) is 8.78 Å². The van der Waals surface area contributed by atoms with Crippen LogP contribution in [-0.2, 0) is 9.53 Å². The van der Waals surface area contributed by atoms with Crippen molar-refractivity contribution in [3.8, 4) is 5.75 Å². The van der Waals surface area contributed by atoms with Crippen molar-refractivity contribution in [1.82, 2.24) is 0 Å². The molecule has 3 nitrogen and oxygen atoms in total. The minimum Gasteiger partial charge on any atom is -0.490 e. The number of halogens is 3. The number of rotatable bonds is 7. The summed E-state index contributed by atoms with van der Waals surface area (Å²) in [5.74, 6) is -1.60. The monoisotopic (exact) mass is 336 g/mol. The fraction of sp³-hybridized carbons (Fsp3) is 0.462. The fourth-order valence-corrected chi connectivity index (χ4v) is 1.72. The third-order valence-corrected chi connectivity index (χ3v) is 2.92. The molecule has 6 heteroatoms. The lowest BCUT2D eigenvalue weighted by molar-refractivity contribution is -0.143. The number of hydrogen-bond acceptors (Lipinski definition) is 3. The zero-order chi connectivity index (χ0) is 14.3. The van der Waals surface area contributed by atoms with Crippen molar-refractivity contribution >= 4 is 21.9 Å². The Morgan fingerprint density at radius 1 is 1.26 bits per heavy atom. The smallest absolute Gasteiger partial charge is 0.305 e. The van der Waals surface area contributed by atoms with Crippen LogP contribution < -0.4 is 4.74 Å². The molecule has 0 radical (unpaired) electrons. The van der Waals surface area contributed by atoms with E-state index in [9.17, 15) is 13.6 Å². The van der Waals surface area contributed by atoms with Gasteiger partial charge in [0.1, 0.15) is 5.82 Å². The summed E-state index contributed by atoms with van der Waals surface area (Å²) in [6.45, 7) is 2.32. The van der Waals surface area contributed by atoms with Crippen molar-refractivity contribution in [2.45, 2.75) is 26.2 Å².